The molecule has 1 aliphatic rings. The third kappa shape index (κ3) is 3.92. The van der Waals surface area contributed by atoms with Crippen LogP contribution in [-0.2, 0) is 17.5 Å². The summed E-state index contributed by atoms with van der Waals surface area (Å²) < 4.78 is 64.4. The number of carbonyl (C=O) groups is 1. The van der Waals surface area contributed by atoms with Crippen molar-refractivity contribution in [2.45, 2.75) is 12.7 Å². The van der Waals surface area contributed by atoms with E-state index in [0.29, 0.717) is 6.54 Å². The van der Waals surface area contributed by atoms with Crippen molar-refractivity contribution < 1.29 is 26.7 Å². The normalized spacial score (nSPS) is 15.5. The molecule has 1 aromatic heterocycles. The average Bonchev–Trinajstić information content (AvgIpc) is 2.58. The summed E-state index contributed by atoms with van der Waals surface area (Å²) in [7, 11) is 0. The van der Waals surface area contributed by atoms with Gasteiger partial charge in [0.15, 0.2) is 0 Å². The summed E-state index contributed by atoms with van der Waals surface area (Å²) in [6.45, 7) is 0.506. The van der Waals surface area contributed by atoms with Gasteiger partial charge in [-0.2, -0.15) is 13.2 Å². The number of rotatable bonds is 3. The first-order chi connectivity index (χ1) is 12.2. The van der Waals surface area contributed by atoms with E-state index in [4.69, 9.17) is 0 Å². The van der Waals surface area contributed by atoms with Crippen LogP contribution in [0.2, 0.25) is 0 Å². The Kier molecular flexibility index (Phi) is 4.80. The summed E-state index contributed by atoms with van der Waals surface area (Å²) in [4.78, 5) is 19.0. The van der Waals surface area contributed by atoms with Gasteiger partial charge in [0.2, 0.25) is 5.91 Å². The van der Waals surface area contributed by atoms with Gasteiger partial charge in [-0.25, -0.2) is 13.8 Å². The Bertz CT molecular complexity index is 807. The van der Waals surface area contributed by atoms with Gasteiger partial charge in [0.25, 0.3) is 0 Å². The predicted molar refractivity (Wildman–Crippen MR) is 83.2 cm³/mol. The number of nitrogens with zero attached hydrogens (tertiary/aromatic N) is 3. The molecule has 0 N–H and O–H groups in total. The zero-order valence-electron chi connectivity index (χ0n) is 13.4. The van der Waals surface area contributed by atoms with E-state index in [1.807, 2.05) is 0 Å². The van der Waals surface area contributed by atoms with Crippen LogP contribution in [-0.4, -0.2) is 35.4 Å². The summed E-state index contributed by atoms with van der Waals surface area (Å²) in [5, 5.41) is 0. The minimum Gasteiger partial charge on any atom is -0.346 e. The molecule has 0 saturated carbocycles. The van der Waals surface area contributed by atoms with E-state index in [9.17, 15) is 26.7 Å². The summed E-state index contributed by atoms with van der Waals surface area (Å²) in [6.07, 6.45) is -3.75. The lowest BCUT2D eigenvalue weighted by Crippen LogP contribution is -2.50. The van der Waals surface area contributed by atoms with Gasteiger partial charge in [-0.15, -0.1) is 0 Å². The van der Waals surface area contributed by atoms with Gasteiger partial charge in [0.05, 0.1) is 12.1 Å². The molecule has 1 aliphatic heterocycles. The quantitative estimate of drug-likeness (QED) is 0.778. The lowest BCUT2D eigenvalue weighted by Gasteiger charge is -2.35. The minimum atomic E-state index is -4.47. The molecule has 0 aliphatic carbocycles. The number of piperazine rings is 1. The summed E-state index contributed by atoms with van der Waals surface area (Å²) in [6, 6.07) is 5.27. The molecule has 0 bridgehead atoms. The van der Waals surface area contributed by atoms with E-state index < -0.39 is 23.4 Å². The largest absolute Gasteiger partial charge is 0.417 e. The van der Waals surface area contributed by atoms with Crippen LogP contribution < -0.4 is 4.90 Å². The molecule has 3 rings (SSSR count). The Labute approximate surface area is 145 Å². The second-order valence-electron chi connectivity index (χ2n) is 5.88. The number of pyridine rings is 1. The van der Waals surface area contributed by atoms with Crippen LogP contribution in [0.5, 0.6) is 0 Å². The van der Waals surface area contributed by atoms with Crippen molar-refractivity contribution >= 4 is 11.7 Å². The smallest absolute Gasteiger partial charge is 0.346 e. The van der Waals surface area contributed by atoms with Crippen LogP contribution in [0.15, 0.2) is 36.5 Å². The number of alkyl halides is 3. The molecule has 138 valence electrons. The van der Waals surface area contributed by atoms with E-state index in [1.54, 1.807) is 4.90 Å². The number of benzene rings is 1. The third-order valence-electron chi connectivity index (χ3n) is 4.09. The van der Waals surface area contributed by atoms with Crippen LogP contribution in [0, 0.1) is 11.6 Å². The summed E-state index contributed by atoms with van der Waals surface area (Å²) >= 11 is 0. The van der Waals surface area contributed by atoms with Gasteiger partial charge in [-0.1, -0.05) is 6.07 Å². The summed E-state index contributed by atoms with van der Waals surface area (Å²) in [5.41, 5.74) is -0.668. The highest BCUT2D eigenvalue weighted by atomic mass is 19.4. The highest BCUT2D eigenvalue weighted by molar-refractivity contribution is 5.82. The zero-order chi connectivity index (χ0) is 18.9. The van der Waals surface area contributed by atoms with Crippen molar-refractivity contribution in [2.24, 2.45) is 0 Å². The number of halogens is 5. The van der Waals surface area contributed by atoms with Gasteiger partial charge in [-0.3, -0.25) is 4.79 Å². The predicted octanol–water partition coefficient (Wildman–Crippen LogP) is 3.23. The second kappa shape index (κ2) is 6.89. The van der Waals surface area contributed by atoms with Crippen molar-refractivity contribution in [2.75, 3.05) is 24.5 Å². The molecule has 26 heavy (non-hydrogen) atoms. The SMILES string of the molecule is O=C1CN(c2ccc(C(F)(F)F)cn2)CCN1Cc1ccc(F)cc1F. The molecule has 4 nitrogen and oxygen atoms in total. The molecular formula is C17H14F5N3O. The number of aromatic nitrogens is 1. The van der Waals surface area contributed by atoms with E-state index in [0.717, 1.165) is 24.4 Å². The fourth-order valence-corrected chi connectivity index (χ4v) is 2.67. The van der Waals surface area contributed by atoms with Crippen molar-refractivity contribution in [3.8, 4) is 0 Å². The number of hydrogen-bond acceptors (Lipinski definition) is 3. The van der Waals surface area contributed by atoms with Crippen LogP contribution in [0.4, 0.5) is 27.8 Å². The number of hydrogen-bond donors (Lipinski definition) is 0. The molecule has 1 aromatic carbocycles. The Balaban J connectivity index is 1.65. The fourth-order valence-electron chi connectivity index (χ4n) is 2.67. The van der Waals surface area contributed by atoms with Crippen LogP contribution in [0.25, 0.3) is 0 Å². The monoisotopic (exact) mass is 371 g/mol. The Morgan fingerprint density at radius 3 is 2.42 bits per heavy atom. The van der Waals surface area contributed by atoms with Crippen molar-refractivity contribution in [3.05, 3.63) is 59.3 Å². The number of anilines is 1. The molecule has 0 atom stereocenters. The molecule has 0 radical (unpaired) electrons. The van der Waals surface area contributed by atoms with Crippen LogP contribution in [0.1, 0.15) is 11.1 Å². The highest BCUT2D eigenvalue weighted by Crippen LogP contribution is 2.29. The topological polar surface area (TPSA) is 36.4 Å². The molecule has 1 amide bonds. The second-order valence-corrected chi connectivity index (χ2v) is 5.88. The Morgan fingerprint density at radius 1 is 1.08 bits per heavy atom. The van der Waals surface area contributed by atoms with Gasteiger partial charge < -0.3 is 9.80 Å². The molecule has 2 aromatic rings. The molecular weight excluding hydrogens is 357 g/mol. The maximum atomic E-state index is 13.7. The van der Waals surface area contributed by atoms with Crippen LogP contribution in [0.3, 0.4) is 0 Å². The van der Waals surface area contributed by atoms with E-state index in [1.165, 1.54) is 17.0 Å². The minimum absolute atomic E-state index is 0.000767. The van der Waals surface area contributed by atoms with Gasteiger partial charge >= 0.3 is 6.18 Å². The van der Waals surface area contributed by atoms with Crippen LogP contribution >= 0.6 is 0 Å². The molecule has 1 fully saturated rings. The average molecular weight is 371 g/mol. The lowest BCUT2D eigenvalue weighted by atomic mass is 10.1. The van der Waals surface area contributed by atoms with E-state index in [-0.39, 0.29) is 36.9 Å². The van der Waals surface area contributed by atoms with Crippen molar-refractivity contribution in [1.82, 2.24) is 9.88 Å². The maximum Gasteiger partial charge on any atom is 0.417 e. The first-order valence-corrected chi connectivity index (χ1v) is 7.74. The highest BCUT2D eigenvalue weighted by Gasteiger charge is 2.31. The number of amides is 1. The molecule has 9 heteroatoms. The maximum absolute atomic E-state index is 13.7. The first-order valence-electron chi connectivity index (χ1n) is 7.74. The standard InChI is InChI=1S/C17H14F5N3O/c18-13-3-1-11(14(19)7-13)9-25-6-5-24(10-16(25)26)15-4-2-12(8-23-15)17(20,21)22/h1-4,7-8H,5-6,9-10H2. The molecule has 1 saturated heterocycles. The van der Waals surface area contributed by atoms with Crippen molar-refractivity contribution in [1.29, 1.82) is 0 Å². The van der Waals surface area contributed by atoms with E-state index >= 15 is 0 Å². The summed E-state index contributed by atoms with van der Waals surface area (Å²) in [5.74, 6) is -1.49. The Hall–Kier alpha value is -2.71. The third-order valence-corrected chi connectivity index (χ3v) is 4.09. The van der Waals surface area contributed by atoms with Gasteiger partial charge in [0, 0.05) is 37.5 Å². The van der Waals surface area contributed by atoms with Crippen molar-refractivity contribution in [3.63, 3.8) is 0 Å². The number of carbonyl (C=O) groups excluding carboxylic acids is 1. The fraction of sp³-hybridized carbons (Fsp3) is 0.294. The molecule has 0 spiro atoms. The molecule has 2 heterocycles. The van der Waals surface area contributed by atoms with Gasteiger partial charge in [0.1, 0.15) is 17.5 Å². The van der Waals surface area contributed by atoms with Gasteiger partial charge in [-0.05, 0) is 18.2 Å². The zero-order valence-corrected chi connectivity index (χ0v) is 13.4. The van der Waals surface area contributed by atoms with E-state index in [2.05, 4.69) is 4.98 Å². The first kappa shape index (κ1) is 18.1. The molecule has 0 unspecified atom stereocenters. The lowest BCUT2D eigenvalue weighted by molar-refractivity contribution is -0.138. The Morgan fingerprint density at radius 2 is 1.85 bits per heavy atom.